The largest absolute Gasteiger partial charge is 0.492 e. The van der Waals surface area contributed by atoms with Gasteiger partial charge in [0.25, 0.3) is 5.91 Å². The van der Waals surface area contributed by atoms with Crippen LogP contribution in [0.3, 0.4) is 0 Å². The number of carbonyl (C=O) groups is 2. The number of hydrogen-bond acceptors (Lipinski definition) is 6. The lowest BCUT2D eigenvalue weighted by Gasteiger charge is -2.32. The molecule has 3 aromatic carbocycles. The van der Waals surface area contributed by atoms with Crippen LogP contribution in [0.4, 0.5) is 5.95 Å². The van der Waals surface area contributed by atoms with Crippen molar-refractivity contribution in [1.82, 2.24) is 14.9 Å². The van der Waals surface area contributed by atoms with E-state index < -0.39 is 18.4 Å². The van der Waals surface area contributed by atoms with Crippen molar-refractivity contribution in [2.45, 2.75) is 25.7 Å². The molecule has 0 aliphatic carbocycles. The predicted octanol–water partition coefficient (Wildman–Crippen LogP) is 5.79. The highest BCUT2D eigenvalue weighted by Crippen LogP contribution is 2.26. The molecular weight excluding hydrogens is 564 g/mol. The van der Waals surface area contributed by atoms with Gasteiger partial charge in [0.05, 0.1) is 17.8 Å². The summed E-state index contributed by atoms with van der Waals surface area (Å²) in [6, 6.07) is 27.2. The zero-order chi connectivity index (χ0) is 30.0. The van der Waals surface area contributed by atoms with Crippen LogP contribution >= 0.6 is 11.6 Å². The highest BCUT2D eigenvalue weighted by Gasteiger charge is 2.26. The van der Waals surface area contributed by atoms with Crippen molar-refractivity contribution in [1.29, 1.82) is 0 Å². The van der Waals surface area contributed by atoms with Crippen molar-refractivity contribution in [3.8, 4) is 5.75 Å². The van der Waals surface area contributed by atoms with Crippen molar-refractivity contribution < 1.29 is 19.4 Å². The number of carboxylic acid groups (broad SMARTS) is 1. The van der Waals surface area contributed by atoms with Gasteiger partial charge in [-0.3, -0.25) is 9.59 Å². The lowest BCUT2D eigenvalue weighted by Crippen LogP contribution is -2.39. The molecule has 1 fully saturated rings. The molecule has 8 nitrogen and oxygen atoms in total. The average molecular weight is 599 g/mol. The first-order chi connectivity index (χ1) is 20.9. The Kier molecular flexibility index (Phi) is 10.2. The minimum atomic E-state index is -1.11. The van der Waals surface area contributed by atoms with E-state index in [9.17, 15) is 14.7 Å². The molecule has 43 heavy (non-hydrogen) atoms. The Morgan fingerprint density at radius 1 is 0.953 bits per heavy atom. The average Bonchev–Trinajstić information content (AvgIpc) is 3.01. The molecule has 1 aliphatic rings. The van der Waals surface area contributed by atoms with Crippen LogP contribution in [0.5, 0.6) is 5.75 Å². The molecule has 9 heteroatoms. The van der Waals surface area contributed by atoms with Crippen molar-refractivity contribution in [2.24, 2.45) is 5.92 Å². The Hall–Kier alpha value is -4.43. The predicted molar refractivity (Wildman–Crippen MR) is 167 cm³/mol. The van der Waals surface area contributed by atoms with Crippen molar-refractivity contribution >= 4 is 29.4 Å². The van der Waals surface area contributed by atoms with Crippen LogP contribution in [0.25, 0.3) is 0 Å². The zero-order valence-electron chi connectivity index (χ0n) is 23.9. The van der Waals surface area contributed by atoms with Crippen molar-refractivity contribution in [3.63, 3.8) is 0 Å². The molecule has 2 heterocycles. The Bertz CT molecular complexity index is 1510. The van der Waals surface area contributed by atoms with Gasteiger partial charge < -0.3 is 19.6 Å². The third-order valence-corrected chi connectivity index (χ3v) is 7.83. The quantitative estimate of drug-likeness (QED) is 0.221. The fraction of sp³-hybridized carbons (Fsp3) is 0.294. The van der Waals surface area contributed by atoms with Gasteiger partial charge in [0.1, 0.15) is 18.9 Å². The van der Waals surface area contributed by atoms with Gasteiger partial charge in [0.2, 0.25) is 5.95 Å². The summed E-state index contributed by atoms with van der Waals surface area (Å²) in [6.07, 6.45) is 4.99. The Balaban J connectivity index is 1.34. The normalized spacial score (nSPS) is 13.5. The van der Waals surface area contributed by atoms with Gasteiger partial charge in [-0.2, -0.15) is 0 Å². The standard InChI is InChI=1S/C34H35ClN4O4/c35-28-11-7-10-27(21-28)22-31-30(33(42)39(24-32(40)41)18-19-43-29-12-5-2-6-13-29)23-36-34(37-31)38-16-14-26(15-17-38)20-25-8-3-1-4-9-25/h1-13,21,23,26H,14-20,22,24H2,(H,40,41). The zero-order valence-corrected chi connectivity index (χ0v) is 24.7. The van der Waals surface area contributed by atoms with Gasteiger partial charge in [0, 0.05) is 30.7 Å². The second-order valence-corrected chi connectivity index (χ2v) is 11.2. The molecule has 1 aliphatic heterocycles. The van der Waals surface area contributed by atoms with E-state index in [0.717, 1.165) is 37.9 Å². The van der Waals surface area contributed by atoms with E-state index in [-0.39, 0.29) is 18.7 Å². The summed E-state index contributed by atoms with van der Waals surface area (Å²) in [5.74, 6) is 0.244. The third-order valence-electron chi connectivity index (χ3n) is 7.60. The number of amides is 1. The lowest BCUT2D eigenvalue weighted by atomic mass is 9.90. The van der Waals surface area contributed by atoms with Gasteiger partial charge >= 0.3 is 5.97 Å². The summed E-state index contributed by atoms with van der Waals surface area (Å²) in [7, 11) is 0. The van der Waals surface area contributed by atoms with Crippen LogP contribution < -0.4 is 9.64 Å². The SMILES string of the molecule is O=C(O)CN(CCOc1ccccc1)C(=O)c1cnc(N2CCC(Cc3ccccc3)CC2)nc1Cc1cccc(Cl)c1. The number of hydrogen-bond donors (Lipinski definition) is 1. The topological polar surface area (TPSA) is 95.9 Å². The monoisotopic (exact) mass is 598 g/mol. The summed E-state index contributed by atoms with van der Waals surface area (Å²) >= 11 is 6.26. The highest BCUT2D eigenvalue weighted by atomic mass is 35.5. The number of para-hydroxylation sites is 1. The minimum absolute atomic E-state index is 0.0906. The molecule has 0 spiro atoms. The molecule has 0 unspecified atom stereocenters. The maximum absolute atomic E-state index is 13.8. The number of anilines is 1. The molecule has 0 atom stereocenters. The number of halogens is 1. The van der Waals surface area contributed by atoms with Crippen LogP contribution in [0, 0.1) is 5.92 Å². The fourth-order valence-electron chi connectivity index (χ4n) is 5.37. The Labute approximate surface area is 256 Å². The first-order valence-electron chi connectivity index (χ1n) is 14.5. The first-order valence-corrected chi connectivity index (χ1v) is 14.9. The summed E-state index contributed by atoms with van der Waals surface area (Å²) in [6.45, 7) is 1.41. The maximum atomic E-state index is 13.8. The Morgan fingerprint density at radius 2 is 1.65 bits per heavy atom. The summed E-state index contributed by atoms with van der Waals surface area (Å²) < 4.78 is 5.75. The van der Waals surface area contributed by atoms with Gasteiger partial charge in [0.15, 0.2) is 0 Å². The van der Waals surface area contributed by atoms with Crippen molar-refractivity contribution in [3.05, 3.63) is 119 Å². The number of carboxylic acids is 1. The van der Waals surface area contributed by atoms with E-state index >= 15 is 0 Å². The fourth-order valence-corrected chi connectivity index (χ4v) is 5.59. The lowest BCUT2D eigenvalue weighted by molar-refractivity contribution is -0.137. The summed E-state index contributed by atoms with van der Waals surface area (Å²) in [5.41, 5.74) is 3.04. The molecule has 4 aromatic rings. The molecule has 0 radical (unpaired) electrons. The van der Waals surface area contributed by atoms with Crippen LogP contribution in [-0.2, 0) is 17.6 Å². The van der Waals surface area contributed by atoms with E-state index in [2.05, 4.69) is 34.1 Å². The van der Waals surface area contributed by atoms with Crippen LogP contribution in [0.15, 0.2) is 91.1 Å². The molecule has 5 rings (SSSR count). The molecule has 0 saturated carbocycles. The minimum Gasteiger partial charge on any atom is -0.492 e. The van der Waals surface area contributed by atoms with Crippen LogP contribution in [-0.4, -0.2) is 64.6 Å². The van der Waals surface area contributed by atoms with E-state index in [4.69, 9.17) is 21.3 Å². The number of nitrogens with zero attached hydrogens (tertiary/aromatic N) is 4. The molecule has 222 valence electrons. The number of aromatic nitrogens is 2. The molecular formula is C34H35ClN4O4. The van der Waals surface area contributed by atoms with Gasteiger partial charge in [-0.1, -0.05) is 72.3 Å². The van der Waals surface area contributed by atoms with E-state index in [0.29, 0.717) is 34.8 Å². The number of ether oxygens (including phenoxy) is 1. The molecule has 1 saturated heterocycles. The van der Waals surface area contributed by atoms with Crippen LogP contribution in [0.1, 0.15) is 40.0 Å². The summed E-state index contributed by atoms with van der Waals surface area (Å²) in [4.78, 5) is 38.4. The maximum Gasteiger partial charge on any atom is 0.323 e. The second-order valence-electron chi connectivity index (χ2n) is 10.7. The van der Waals surface area contributed by atoms with Crippen LogP contribution in [0.2, 0.25) is 5.02 Å². The van der Waals surface area contributed by atoms with E-state index in [1.165, 1.54) is 16.7 Å². The highest BCUT2D eigenvalue weighted by molar-refractivity contribution is 6.30. The number of aliphatic carboxylic acids is 1. The molecule has 1 aromatic heterocycles. The number of benzene rings is 3. The van der Waals surface area contributed by atoms with E-state index in [1.807, 2.05) is 54.6 Å². The third kappa shape index (κ3) is 8.55. The van der Waals surface area contributed by atoms with Gasteiger partial charge in [-0.25, -0.2) is 9.97 Å². The van der Waals surface area contributed by atoms with E-state index in [1.54, 1.807) is 6.07 Å². The molecule has 1 N–H and O–H groups in total. The van der Waals surface area contributed by atoms with Crippen molar-refractivity contribution in [2.75, 3.05) is 37.7 Å². The van der Waals surface area contributed by atoms with Gasteiger partial charge in [-0.05, 0) is 60.6 Å². The second kappa shape index (κ2) is 14.6. The molecule has 0 bridgehead atoms. The summed E-state index contributed by atoms with van der Waals surface area (Å²) in [5, 5.41) is 10.2. The Morgan fingerprint density at radius 3 is 2.35 bits per heavy atom. The number of carbonyl (C=O) groups excluding carboxylic acids is 1. The first kappa shape index (κ1) is 30.0. The number of rotatable bonds is 12. The molecule has 1 amide bonds. The smallest absolute Gasteiger partial charge is 0.323 e. The van der Waals surface area contributed by atoms with Gasteiger partial charge in [-0.15, -0.1) is 0 Å². The number of piperidine rings is 1.